The molecule has 0 amide bonds. The van der Waals surface area contributed by atoms with Crippen molar-refractivity contribution < 1.29 is 37.4 Å². The predicted molar refractivity (Wildman–Crippen MR) is 149 cm³/mol. The third-order valence-corrected chi connectivity index (χ3v) is 8.79. The summed E-state index contributed by atoms with van der Waals surface area (Å²) in [5.74, 6) is 2.49. The maximum absolute atomic E-state index is 16.3. The minimum absolute atomic E-state index is 0.173. The van der Waals surface area contributed by atoms with E-state index in [1.807, 2.05) is 17.9 Å². The second-order valence-corrected chi connectivity index (χ2v) is 11.9. The Balaban J connectivity index is 1.41. The summed E-state index contributed by atoms with van der Waals surface area (Å²) in [7, 11) is -1.22. The Bertz CT molecular complexity index is 1550. The van der Waals surface area contributed by atoms with Gasteiger partial charge in [-0.05, 0) is 38.8 Å². The SMILES string of the molecule is C#C[C@@]1(F)[C@H](O)[C@@H](CO[P@@](=O)(N[C@H](C)C(=O)OC)Oc2ccccc2)O[C@H]1n1cnc2c(N(C)C3CC3)nc(C)nc21. The van der Waals surface area contributed by atoms with Gasteiger partial charge in [0, 0.05) is 13.1 Å². The highest BCUT2D eigenvalue weighted by Crippen LogP contribution is 2.48. The van der Waals surface area contributed by atoms with Gasteiger partial charge in [0.2, 0.25) is 5.67 Å². The Kier molecular flexibility index (Phi) is 8.24. The summed E-state index contributed by atoms with van der Waals surface area (Å²) in [6.07, 6.45) is 4.13. The summed E-state index contributed by atoms with van der Waals surface area (Å²) in [6, 6.07) is 7.32. The maximum atomic E-state index is 16.3. The summed E-state index contributed by atoms with van der Waals surface area (Å²) >= 11 is 0. The maximum Gasteiger partial charge on any atom is 0.459 e. The number of nitrogens with zero attached hydrogens (tertiary/aromatic N) is 5. The van der Waals surface area contributed by atoms with E-state index < -0.39 is 50.5 Å². The molecule has 1 aliphatic carbocycles. The van der Waals surface area contributed by atoms with Crippen LogP contribution >= 0.6 is 7.75 Å². The fourth-order valence-electron chi connectivity index (χ4n) is 4.72. The number of aliphatic hydroxyl groups excluding tert-OH is 1. The summed E-state index contributed by atoms with van der Waals surface area (Å²) < 4.78 is 53.1. The second-order valence-electron chi connectivity index (χ2n) is 10.2. The Labute approximate surface area is 241 Å². The molecule has 5 rings (SSSR count). The fraction of sp³-hybridized carbons (Fsp3) is 0.481. The molecule has 6 atom stereocenters. The minimum Gasteiger partial charge on any atom is -0.468 e. The number of aliphatic hydroxyl groups is 1. The van der Waals surface area contributed by atoms with Crippen LogP contribution in [-0.4, -0.2) is 81.3 Å². The number of aryl methyl sites for hydroxylation is 1. The molecule has 2 aromatic heterocycles. The smallest absolute Gasteiger partial charge is 0.459 e. The van der Waals surface area contributed by atoms with Crippen molar-refractivity contribution in [1.82, 2.24) is 24.6 Å². The molecule has 3 aromatic rings. The largest absolute Gasteiger partial charge is 0.468 e. The van der Waals surface area contributed by atoms with E-state index in [0.717, 1.165) is 12.8 Å². The first kappa shape index (κ1) is 29.9. The number of hydrogen-bond donors (Lipinski definition) is 2. The van der Waals surface area contributed by atoms with Crippen LogP contribution in [-0.2, 0) is 23.4 Å². The van der Waals surface area contributed by atoms with Gasteiger partial charge in [0.15, 0.2) is 23.2 Å². The fourth-order valence-corrected chi connectivity index (χ4v) is 6.22. The van der Waals surface area contributed by atoms with Crippen molar-refractivity contribution in [2.45, 2.75) is 62.9 Å². The molecule has 1 saturated carbocycles. The van der Waals surface area contributed by atoms with Crippen molar-refractivity contribution in [2.24, 2.45) is 0 Å². The lowest BCUT2D eigenvalue weighted by Gasteiger charge is -2.24. The van der Waals surface area contributed by atoms with Gasteiger partial charge in [-0.15, -0.1) is 6.42 Å². The molecule has 3 heterocycles. The first-order chi connectivity index (χ1) is 20.0. The topological polar surface area (TPSA) is 150 Å². The normalized spacial score (nSPS) is 25.9. The zero-order chi connectivity index (χ0) is 30.2. The number of fused-ring (bicyclic) bond motifs is 1. The molecule has 15 heteroatoms. The van der Waals surface area contributed by atoms with Crippen molar-refractivity contribution in [1.29, 1.82) is 0 Å². The second kappa shape index (κ2) is 11.6. The summed E-state index contributed by atoms with van der Waals surface area (Å²) in [5, 5.41) is 13.5. The number of para-hydroxylation sites is 1. The number of aromatic nitrogens is 4. The standard InChI is InChI=1S/C27H32FN6O7P/c1-6-27(28)22(35)20(14-39-42(37,32-16(2)25(36)38-5)41-19-10-8-7-9-11-19)40-26(27)34-15-29-21-23(33(4)18-12-13-18)30-17(3)31-24(21)34/h1,7-11,15-16,18,20,22,26,35H,12-14H2,2-5H3,(H,32,37)/t16-,20-,22-,26-,27-,42+/m1/s1. The van der Waals surface area contributed by atoms with E-state index in [1.165, 1.54) is 37.1 Å². The molecule has 42 heavy (non-hydrogen) atoms. The molecule has 0 unspecified atom stereocenters. The highest BCUT2D eigenvalue weighted by molar-refractivity contribution is 7.52. The van der Waals surface area contributed by atoms with E-state index in [-0.39, 0.29) is 11.4 Å². The molecule has 2 fully saturated rings. The van der Waals surface area contributed by atoms with E-state index in [0.29, 0.717) is 23.2 Å². The van der Waals surface area contributed by atoms with Crippen molar-refractivity contribution in [3.63, 3.8) is 0 Å². The molecule has 0 spiro atoms. The molecule has 2 N–H and O–H groups in total. The molecule has 13 nitrogen and oxygen atoms in total. The molecule has 0 bridgehead atoms. The van der Waals surface area contributed by atoms with E-state index in [2.05, 4.69) is 20.0 Å². The van der Waals surface area contributed by atoms with E-state index >= 15 is 4.39 Å². The van der Waals surface area contributed by atoms with Crippen LogP contribution in [0.15, 0.2) is 36.7 Å². The summed E-state index contributed by atoms with van der Waals surface area (Å²) in [6.45, 7) is 2.49. The first-order valence-corrected chi connectivity index (χ1v) is 14.8. The van der Waals surface area contributed by atoms with Gasteiger partial charge in [-0.1, -0.05) is 24.1 Å². The number of hydrogen-bond acceptors (Lipinski definition) is 11. The average Bonchev–Trinajstić information content (AvgIpc) is 3.70. The number of halogens is 1. The summed E-state index contributed by atoms with van der Waals surface area (Å²) in [5.41, 5.74) is -2.04. The van der Waals surface area contributed by atoms with Crippen molar-refractivity contribution in [3.8, 4) is 18.1 Å². The van der Waals surface area contributed by atoms with Crippen LogP contribution in [0.5, 0.6) is 5.75 Å². The van der Waals surface area contributed by atoms with Crippen molar-refractivity contribution in [3.05, 3.63) is 42.5 Å². The molecule has 1 aliphatic heterocycles. The van der Waals surface area contributed by atoms with E-state index in [1.54, 1.807) is 25.1 Å². The zero-order valence-electron chi connectivity index (χ0n) is 23.5. The monoisotopic (exact) mass is 602 g/mol. The number of anilines is 1. The van der Waals surface area contributed by atoms with E-state index in [4.69, 9.17) is 24.9 Å². The minimum atomic E-state index is -4.30. The van der Waals surface area contributed by atoms with Crippen LogP contribution < -0.4 is 14.5 Å². The van der Waals surface area contributed by atoms with Crippen LogP contribution in [0.1, 0.15) is 31.8 Å². The number of nitrogens with one attached hydrogen (secondary N) is 1. The summed E-state index contributed by atoms with van der Waals surface area (Å²) in [4.78, 5) is 27.4. The van der Waals surface area contributed by atoms with Gasteiger partial charge in [-0.3, -0.25) is 13.9 Å². The van der Waals surface area contributed by atoms with Crippen LogP contribution in [0.4, 0.5) is 10.2 Å². The number of carbonyl (C=O) groups excluding carboxylic acids is 1. The molecule has 1 aromatic carbocycles. The lowest BCUT2D eigenvalue weighted by Crippen LogP contribution is -2.42. The lowest BCUT2D eigenvalue weighted by atomic mass is 9.97. The van der Waals surface area contributed by atoms with E-state index in [9.17, 15) is 14.5 Å². The Morgan fingerprint density at radius 1 is 1.38 bits per heavy atom. The van der Waals surface area contributed by atoms with Gasteiger partial charge in [-0.2, -0.15) is 5.09 Å². The number of ether oxygens (including phenoxy) is 2. The number of esters is 1. The number of methoxy groups -OCH3 is 1. The van der Waals surface area contributed by atoms with Crippen LogP contribution in [0.2, 0.25) is 0 Å². The molecule has 2 aliphatic rings. The quantitative estimate of drug-likeness (QED) is 0.189. The number of imidazole rings is 1. The van der Waals surface area contributed by atoms with Gasteiger partial charge < -0.3 is 24.0 Å². The predicted octanol–water partition coefficient (Wildman–Crippen LogP) is 2.69. The highest BCUT2D eigenvalue weighted by Gasteiger charge is 2.58. The number of terminal acetylenes is 1. The number of carbonyl (C=O) groups is 1. The van der Waals surface area contributed by atoms with Gasteiger partial charge in [0.25, 0.3) is 0 Å². The molecular formula is C27H32FN6O7P. The third-order valence-electron chi connectivity index (χ3n) is 7.15. The molecule has 0 radical (unpaired) electrons. The number of rotatable bonds is 11. The Morgan fingerprint density at radius 3 is 2.74 bits per heavy atom. The highest BCUT2D eigenvalue weighted by atomic mass is 31.2. The molecule has 1 saturated heterocycles. The van der Waals surface area contributed by atoms with Crippen LogP contribution in [0.3, 0.4) is 0 Å². The van der Waals surface area contributed by atoms with Gasteiger partial charge in [0.1, 0.15) is 29.8 Å². The Hall–Kier alpha value is -3.60. The lowest BCUT2D eigenvalue weighted by molar-refractivity contribution is -0.142. The number of benzene rings is 1. The Morgan fingerprint density at radius 2 is 2.10 bits per heavy atom. The third kappa shape index (κ3) is 5.71. The van der Waals surface area contributed by atoms with Gasteiger partial charge >= 0.3 is 13.7 Å². The molecular weight excluding hydrogens is 570 g/mol. The zero-order valence-corrected chi connectivity index (χ0v) is 24.4. The van der Waals surface area contributed by atoms with Gasteiger partial charge in [0.05, 0.1) is 20.0 Å². The number of alkyl halides is 1. The van der Waals surface area contributed by atoms with Crippen molar-refractivity contribution in [2.75, 3.05) is 25.7 Å². The first-order valence-electron chi connectivity index (χ1n) is 13.3. The van der Waals surface area contributed by atoms with Crippen LogP contribution in [0, 0.1) is 19.3 Å². The van der Waals surface area contributed by atoms with Crippen LogP contribution in [0.25, 0.3) is 11.2 Å². The van der Waals surface area contributed by atoms with Crippen molar-refractivity contribution >= 4 is 30.7 Å². The van der Waals surface area contributed by atoms with Gasteiger partial charge in [-0.25, -0.2) is 23.9 Å². The average molecular weight is 603 g/mol. The molecule has 224 valence electrons.